The molecule has 1 atom stereocenters. The minimum atomic E-state index is -3.94. The van der Waals surface area contributed by atoms with Crippen LogP contribution in [0.1, 0.15) is 46.1 Å². The molecule has 4 rings (SSSR count). The van der Waals surface area contributed by atoms with Crippen LogP contribution in [0.15, 0.2) is 76.8 Å². The van der Waals surface area contributed by atoms with Gasteiger partial charge in [0.05, 0.1) is 33.5 Å². The predicted molar refractivity (Wildman–Crippen MR) is 178 cm³/mol. The number of anilines is 2. The summed E-state index contributed by atoms with van der Waals surface area (Å²) in [6, 6.07) is 18.2. The van der Waals surface area contributed by atoms with Crippen molar-refractivity contribution in [1.82, 2.24) is 14.8 Å². The second-order valence-corrected chi connectivity index (χ2v) is 14.1. The molecule has 44 heavy (non-hydrogen) atoms. The fourth-order valence-electron chi connectivity index (χ4n) is 4.54. The van der Waals surface area contributed by atoms with Gasteiger partial charge in [-0.05, 0) is 61.7 Å². The van der Waals surface area contributed by atoms with E-state index in [2.05, 4.69) is 41.0 Å². The third-order valence-electron chi connectivity index (χ3n) is 6.80. The quantitative estimate of drug-likeness (QED) is 0.130. The monoisotopic (exact) mass is 675 g/mol. The Labute approximate surface area is 272 Å². The van der Waals surface area contributed by atoms with Crippen LogP contribution in [-0.2, 0) is 14.8 Å². The highest BCUT2D eigenvalue weighted by atomic mass is 35.5. The fraction of sp³-hybridized carbons (Fsp3) is 0.323. The standard InChI is InChI=1S/C31H35Cl2N5O4S2/c1-20(2)9-7-10-21(3)38-30(22-11-8-12-24(17-22)44(40,41)37-27-14-6-5-13-25(27)32)35-36-31(38)43-19-29(39)34-23-15-16-28(42-4)26(33)18-23/h5-6,8,11-18,20-21,37H,7,9-10,19H2,1-4H3,(H,34,39)/t21-/m0/s1. The fourth-order valence-corrected chi connectivity index (χ4v) is 7.00. The number of nitrogens with one attached hydrogen (secondary N) is 2. The number of carbonyl (C=O) groups is 1. The Balaban J connectivity index is 1.59. The number of methoxy groups -OCH3 is 1. The van der Waals surface area contributed by atoms with Crippen molar-refractivity contribution in [2.75, 3.05) is 22.9 Å². The van der Waals surface area contributed by atoms with Crippen LogP contribution in [-0.4, -0.2) is 42.0 Å². The average Bonchev–Trinajstić information content (AvgIpc) is 3.41. The third-order valence-corrected chi connectivity index (χ3v) is 9.73. The molecule has 1 heterocycles. The van der Waals surface area contributed by atoms with E-state index in [1.807, 2.05) is 4.57 Å². The molecule has 0 aliphatic heterocycles. The van der Waals surface area contributed by atoms with Crippen LogP contribution in [0, 0.1) is 5.92 Å². The Kier molecular flexibility index (Phi) is 11.6. The van der Waals surface area contributed by atoms with Gasteiger partial charge in [0.2, 0.25) is 5.91 Å². The Bertz CT molecular complexity index is 1710. The van der Waals surface area contributed by atoms with Crippen molar-refractivity contribution in [3.63, 3.8) is 0 Å². The molecule has 2 N–H and O–H groups in total. The van der Waals surface area contributed by atoms with Gasteiger partial charge in [0, 0.05) is 17.3 Å². The molecule has 234 valence electrons. The number of ether oxygens (including phenoxy) is 1. The molecule has 9 nitrogen and oxygen atoms in total. The van der Waals surface area contributed by atoms with Crippen LogP contribution in [0.5, 0.6) is 5.75 Å². The zero-order valence-electron chi connectivity index (χ0n) is 24.9. The van der Waals surface area contributed by atoms with Crippen molar-refractivity contribution >= 4 is 62.3 Å². The summed E-state index contributed by atoms with van der Waals surface area (Å²) in [5, 5.41) is 13.0. The van der Waals surface area contributed by atoms with E-state index in [4.69, 9.17) is 27.9 Å². The van der Waals surface area contributed by atoms with E-state index in [9.17, 15) is 13.2 Å². The van der Waals surface area contributed by atoms with Crippen LogP contribution in [0.25, 0.3) is 11.4 Å². The first-order chi connectivity index (χ1) is 21.0. The lowest BCUT2D eigenvalue weighted by Gasteiger charge is -2.19. The van der Waals surface area contributed by atoms with Gasteiger partial charge in [0.15, 0.2) is 11.0 Å². The summed E-state index contributed by atoms with van der Waals surface area (Å²) in [6.07, 6.45) is 2.92. The maximum Gasteiger partial charge on any atom is 0.261 e. The molecule has 1 aromatic heterocycles. The molecule has 0 unspecified atom stereocenters. The van der Waals surface area contributed by atoms with Gasteiger partial charge in [-0.15, -0.1) is 10.2 Å². The average molecular weight is 677 g/mol. The first kappa shape index (κ1) is 33.6. The molecule has 0 radical (unpaired) electrons. The minimum Gasteiger partial charge on any atom is -0.495 e. The summed E-state index contributed by atoms with van der Waals surface area (Å²) < 4.78 is 36.3. The zero-order chi connectivity index (χ0) is 31.9. The molecule has 0 bridgehead atoms. The zero-order valence-corrected chi connectivity index (χ0v) is 28.0. The van der Waals surface area contributed by atoms with Gasteiger partial charge >= 0.3 is 0 Å². The summed E-state index contributed by atoms with van der Waals surface area (Å²) in [5.74, 6) is 1.44. The highest BCUT2D eigenvalue weighted by Crippen LogP contribution is 2.33. The Hall–Kier alpha value is -3.25. The number of para-hydroxylation sites is 1. The smallest absolute Gasteiger partial charge is 0.261 e. The van der Waals surface area contributed by atoms with E-state index in [1.165, 1.54) is 24.9 Å². The summed E-state index contributed by atoms with van der Waals surface area (Å²) >= 11 is 13.6. The number of halogens is 2. The summed E-state index contributed by atoms with van der Waals surface area (Å²) in [4.78, 5) is 12.9. The largest absolute Gasteiger partial charge is 0.495 e. The van der Waals surface area contributed by atoms with E-state index < -0.39 is 10.0 Å². The van der Waals surface area contributed by atoms with Gasteiger partial charge in [-0.2, -0.15) is 0 Å². The number of carbonyl (C=O) groups excluding carboxylic acids is 1. The molecule has 3 aromatic carbocycles. The first-order valence-electron chi connectivity index (χ1n) is 14.1. The van der Waals surface area contributed by atoms with Crippen LogP contribution >= 0.6 is 35.0 Å². The van der Waals surface area contributed by atoms with Gasteiger partial charge < -0.3 is 10.1 Å². The number of rotatable bonds is 14. The van der Waals surface area contributed by atoms with E-state index in [0.717, 1.165) is 19.3 Å². The molecule has 0 fully saturated rings. The lowest BCUT2D eigenvalue weighted by atomic mass is 10.0. The molecule has 13 heteroatoms. The molecule has 0 spiro atoms. The maximum atomic E-state index is 13.3. The summed E-state index contributed by atoms with van der Waals surface area (Å²) in [5.41, 5.74) is 1.42. The molecule has 0 aliphatic carbocycles. The Morgan fingerprint density at radius 1 is 0.977 bits per heavy atom. The molecule has 1 amide bonds. The maximum absolute atomic E-state index is 13.3. The van der Waals surface area contributed by atoms with Crippen molar-refractivity contribution in [3.05, 3.63) is 76.8 Å². The Morgan fingerprint density at radius 2 is 1.75 bits per heavy atom. The number of sulfonamides is 1. The number of hydrogen-bond donors (Lipinski definition) is 2. The highest BCUT2D eigenvalue weighted by molar-refractivity contribution is 7.99. The second-order valence-electron chi connectivity index (χ2n) is 10.6. The van der Waals surface area contributed by atoms with Crippen molar-refractivity contribution in [1.29, 1.82) is 0 Å². The lowest BCUT2D eigenvalue weighted by molar-refractivity contribution is -0.113. The van der Waals surface area contributed by atoms with E-state index >= 15 is 0 Å². The molecule has 0 aliphatic rings. The van der Waals surface area contributed by atoms with Crippen LogP contribution < -0.4 is 14.8 Å². The molecular weight excluding hydrogens is 641 g/mol. The first-order valence-corrected chi connectivity index (χ1v) is 17.3. The van der Waals surface area contributed by atoms with E-state index in [-0.39, 0.29) is 28.3 Å². The van der Waals surface area contributed by atoms with Crippen molar-refractivity contribution in [3.8, 4) is 17.1 Å². The number of hydrogen-bond acceptors (Lipinski definition) is 7. The summed E-state index contributed by atoms with van der Waals surface area (Å²) in [6.45, 7) is 6.46. The Morgan fingerprint density at radius 3 is 2.45 bits per heavy atom. The topological polar surface area (TPSA) is 115 Å². The van der Waals surface area contributed by atoms with Gasteiger partial charge in [-0.25, -0.2) is 8.42 Å². The molecular formula is C31H35Cl2N5O4S2. The van der Waals surface area contributed by atoms with E-state index in [1.54, 1.807) is 60.7 Å². The van der Waals surface area contributed by atoms with Crippen LogP contribution in [0.3, 0.4) is 0 Å². The molecule has 4 aromatic rings. The number of aromatic nitrogens is 3. The lowest BCUT2D eigenvalue weighted by Crippen LogP contribution is -2.15. The van der Waals surface area contributed by atoms with Gasteiger partial charge in [-0.1, -0.05) is 85.9 Å². The van der Waals surface area contributed by atoms with E-state index in [0.29, 0.717) is 43.9 Å². The normalized spacial score (nSPS) is 12.2. The molecule has 0 saturated carbocycles. The number of thioether (sulfide) groups is 1. The molecule has 0 saturated heterocycles. The highest BCUT2D eigenvalue weighted by Gasteiger charge is 2.23. The number of amides is 1. The van der Waals surface area contributed by atoms with Crippen LogP contribution in [0.4, 0.5) is 11.4 Å². The van der Waals surface area contributed by atoms with Crippen LogP contribution in [0.2, 0.25) is 10.0 Å². The predicted octanol–water partition coefficient (Wildman–Crippen LogP) is 8.18. The second kappa shape index (κ2) is 15.2. The minimum absolute atomic E-state index is 0.00813. The van der Waals surface area contributed by atoms with Gasteiger partial charge in [0.1, 0.15) is 5.75 Å². The number of benzene rings is 3. The SMILES string of the molecule is COc1ccc(NC(=O)CSc2nnc(-c3cccc(S(=O)(=O)Nc4ccccc4Cl)c3)n2[C@@H](C)CCCC(C)C)cc1Cl. The third kappa shape index (κ3) is 8.68. The summed E-state index contributed by atoms with van der Waals surface area (Å²) in [7, 11) is -2.42. The van der Waals surface area contributed by atoms with Crippen molar-refractivity contribution in [2.45, 2.75) is 56.1 Å². The van der Waals surface area contributed by atoms with Crippen molar-refractivity contribution < 1.29 is 17.9 Å². The number of nitrogens with zero attached hydrogens (tertiary/aromatic N) is 3. The van der Waals surface area contributed by atoms with Gasteiger partial charge in [-0.3, -0.25) is 14.1 Å². The van der Waals surface area contributed by atoms with Crippen molar-refractivity contribution in [2.24, 2.45) is 5.92 Å². The van der Waals surface area contributed by atoms with Gasteiger partial charge in [0.25, 0.3) is 10.0 Å².